The molecule has 0 saturated carbocycles. The standard InChI is InChI=1S/C28H20Br2Cl2N2O6S/c1-2-39-27(37)19-12-18(7-8-22(19)32)33-24(35)13-34-26(36)23(41-28(34)38)11-16-9-20(29)25(21(30)10-16)40-14-15-3-5-17(31)6-4-15/h3-12H,2,13-14H2,1H3,(H,33,35)/b23-11+. The third-order valence-electron chi connectivity index (χ3n) is 5.54. The fourth-order valence-electron chi connectivity index (χ4n) is 3.64. The molecule has 3 aromatic carbocycles. The van der Waals surface area contributed by atoms with Crippen molar-refractivity contribution in [3.05, 3.63) is 95.2 Å². The number of carbonyl (C=O) groups excluding carboxylic acids is 4. The Morgan fingerprint density at radius 2 is 1.71 bits per heavy atom. The molecule has 212 valence electrons. The minimum absolute atomic E-state index is 0.0825. The van der Waals surface area contributed by atoms with Crippen molar-refractivity contribution < 1.29 is 28.7 Å². The molecule has 3 aromatic rings. The molecule has 0 aromatic heterocycles. The summed E-state index contributed by atoms with van der Waals surface area (Å²) in [5.41, 5.74) is 1.91. The molecule has 8 nitrogen and oxygen atoms in total. The Bertz CT molecular complexity index is 1540. The number of hydrogen-bond donors (Lipinski definition) is 1. The van der Waals surface area contributed by atoms with E-state index in [1.165, 1.54) is 18.2 Å². The topological polar surface area (TPSA) is 102 Å². The van der Waals surface area contributed by atoms with Gasteiger partial charge in [0.2, 0.25) is 5.91 Å². The zero-order valence-electron chi connectivity index (χ0n) is 21.2. The van der Waals surface area contributed by atoms with Gasteiger partial charge in [-0.25, -0.2) is 4.79 Å². The van der Waals surface area contributed by atoms with E-state index < -0.39 is 29.6 Å². The first kappa shape index (κ1) is 31.1. The van der Waals surface area contributed by atoms with E-state index in [4.69, 9.17) is 32.7 Å². The minimum Gasteiger partial charge on any atom is -0.487 e. The smallest absolute Gasteiger partial charge is 0.339 e. The van der Waals surface area contributed by atoms with Crippen LogP contribution >= 0.6 is 66.8 Å². The molecule has 0 bridgehead atoms. The van der Waals surface area contributed by atoms with E-state index in [9.17, 15) is 19.2 Å². The Labute approximate surface area is 266 Å². The van der Waals surface area contributed by atoms with E-state index in [1.807, 2.05) is 12.1 Å². The van der Waals surface area contributed by atoms with Crippen LogP contribution in [0.4, 0.5) is 10.5 Å². The fraction of sp³-hybridized carbons (Fsp3) is 0.143. The van der Waals surface area contributed by atoms with Crippen LogP contribution in [0.25, 0.3) is 6.08 Å². The second kappa shape index (κ2) is 13.9. The predicted molar refractivity (Wildman–Crippen MR) is 166 cm³/mol. The average Bonchev–Trinajstić information content (AvgIpc) is 3.17. The summed E-state index contributed by atoms with van der Waals surface area (Å²) in [6.07, 6.45) is 1.56. The number of esters is 1. The van der Waals surface area contributed by atoms with Crippen molar-refractivity contribution in [3.8, 4) is 5.75 Å². The van der Waals surface area contributed by atoms with Crippen LogP contribution in [0.3, 0.4) is 0 Å². The molecule has 1 N–H and O–H groups in total. The van der Waals surface area contributed by atoms with Crippen molar-refractivity contribution in [1.82, 2.24) is 4.90 Å². The molecule has 41 heavy (non-hydrogen) atoms. The summed E-state index contributed by atoms with van der Waals surface area (Å²) >= 11 is 19.7. The molecule has 13 heteroatoms. The molecule has 4 rings (SSSR count). The van der Waals surface area contributed by atoms with Crippen molar-refractivity contribution in [3.63, 3.8) is 0 Å². The highest BCUT2D eigenvalue weighted by molar-refractivity contribution is 9.11. The first-order chi connectivity index (χ1) is 19.5. The number of hydrogen-bond acceptors (Lipinski definition) is 7. The number of imide groups is 1. The summed E-state index contributed by atoms with van der Waals surface area (Å²) in [6, 6.07) is 15.1. The van der Waals surface area contributed by atoms with Crippen LogP contribution < -0.4 is 10.1 Å². The number of amides is 3. The van der Waals surface area contributed by atoms with Crippen molar-refractivity contribution in [1.29, 1.82) is 0 Å². The van der Waals surface area contributed by atoms with E-state index in [0.29, 0.717) is 31.9 Å². The predicted octanol–water partition coefficient (Wildman–Crippen LogP) is 7.95. The molecular weight excluding hydrogens is 723 g/mol. The molecule has 1 aliphatic rings. The number of rotatable bonds is 9. The lowest BCUT2D eigenvalue weighted by atomic mass is 10.2. The molecule has 0 spiro atoms. The maximum Gasteiger partial charge on any atom is 0.339 e. The summed E-state index contributed by atoms with van der Waals surface area (Å²) in [5, 5.41) is 2.79. The van der Waals surface area contributed by atoms with Gasteiger partial charge in [-0.15, -0.1) is 0 Å². The van der Waals surface area contributed by atoms with Gasteiger partial charge >= 0.3 is 5.97 Å². The number of halogens is 4. The third kappa shape index (κ3) is 7.92. The maximum absolute atomic E-state index is 13.0. The molecule has 3 amide bonds. The lowest BCUT2D eigenvalue weighted by Gasteiger charge is -2.13. The highest BCUT2D eigenvalue weighted by Crippen LogP contribution is 2.38. The Balaban J connectivity index is 1.42. The van der Waals surface area contributed by atoms with Crippen molar-refractivity contribution in [2.24, 2.45) is 0 Å². The molecule has 1 aliphatic heterocycles. The fourth-order valence-corrected chi connectivity index (χ4v) is 6.25. The van der Waals surface area contributed by atoms with E-state index in [1.54, 1.807) is 37.3 Å². The summed E-state index contributed by atoms with van der Waals surface area (Å²) in [7, 11) is 0. The Kier molecular flexibility index (Phi) is 10.5. The molecule has 1 saturated heterocycles. The molecule has 0 radical (unpaired) electrons. The number of nitrogens with one attached hydrogen (secondary N) is 1. The van der Waals surface area contributed by atoms with Gasteiger partial charge in [0.05, 0.1) is 31.0 Å². The molecule has 0 atom stereocenters. The van der Waals surface area contributed by atoms with E-state index in [0.717, 1.165) is 22.2 Å². The van der Waals surface area contributed by atoms with Crippen LogP contribution in [-0.4, -0.2) is 41.1 Å². The lowest BCUT2D eigenvalue weighted by Crippen LogP contribution is -2.36. The number of ether oxygens (including phenoxy) is 2. The number of anilines is 1. The van der Waals surface area contributed by atoms with Crippen LogP contribution in [0.5, 0.6) is 5.75 Å². The summed E-state index contributed by atoms with van der Waals surface area (Å²) in [5.74, 6) is -1.30. The Morgan fingerprint density at radius 3 is 2.37 bits per heavy atom. The Hall–Kier alpha value is -2.83. The van der Waals surface area contributed by atoms with Gasteiger partial charge in [-0.3, -0.25) is 19.3 Å². The third-order valence-corrected chi connectivity index (χ3v) is 8.20. The highest BCUT2D eigenvalue weighted by Gasteiger charge is 2.36. The maximum atomic E-state index is 13.0. The second-order valence-corrected chi connectivity index (χ2v) is 12.0. The van der Waals surface area contributed by atoms with Crippen molar-refractivity contribution in [2.45, 2.75) is 13.5 Å². The van der Waals surface area contributed by atoms with Crippen LogP contribution in [0.15, 0.2) is 68.4 Å². The van der Waals surface area contributed by atoms with Gasteiger partial charge in [-0.05, 0) is 110 Å². The normalized spacial score (nSPS) is 14.0. The van der Waals surface area contributed by atoms with E-state index >= 15 is 0 Å². The van der Waals surface area contributed by atoms with Gasteiger partial charge in [0.25, 0.3) is 11.1 Å². The SMILES string of the molecule is CCOC(=O)c1cc(NC(=O)CN2C(=O)S/C(=C/c3cc(Br)c(OCc4ccc(Cl)cc4)c(Br)c3)C2=O)ccc1Cl. The zero-order chi connectivity index (χ0) is 29.7. The average molecular weight is 743 g/mol. The molecule has 0 unspecified atom stereocenters. The van der Waals surface area contributed by atoms with Gasteiger partial charge in [0, 0.05) is 10.7 Å². The van der Waals surface area contributed by atoms with Crippen molar-refractivity contribution >= 4 is 102 Å². The van der Waals surface area contributed by atoms with Crippen LogP contribution in [0.1, 0.15) is 28.4 Å². The second-order valence-electron chi connectivity index (χ2n) is 8.46. The monoisotopic (exact) mass is 740 g/mol. The van der Waals surface area contributed by atoms with E-state index in [2.05, 4.69) is 37.2 Å². The summed E-state index contributed by atoms with van der Waals surface area (Å²) in [6.45, 7) is 1.63. The molecule has 1 heterocycles. The van der Waals surface area contributed by atoms with Gasteiger partial charge in [0.1, 0.15) is 18.9 Å². The van der Waals surface area contributed by atoms with E-state index in [-0.39, 0.29) is 27.8 Å². The first-order valence-corrected chi connectivity index (χ1v) is 15.1. The summed E-state index contributed by atoms with van der Waals surface area (Å²) in [4.78, 5) is 51.3. The van der Waals surface area contributed by atoms with Crippen LogP contribution in [0, 0.1) is 0 Å². The summed E-state index contributed by atoms with van der Waals surface area (Å²) < 4.78 is 12.2. The first-order valence-electron chi connectivity index (χ1n) is 11.9. The van der Waals surface area contributed by atoms with Gasteiger partial charge in [-0.2, -0.15) is 0 Å². The van der Waals surface area contributed by atoms with Crippen molar-refractivity contribution in [2.75, 3.05) is 18.5 Å². The lowest BCUT2D eigenvalue weighted by molar-refractivity contribution is -0.127. The quantitative estimate of drug-likeness (QED) is 0.175. The minimum atomic E-state index is -0.635. The van der Waals surface area contributed by atoms with Gasteiger partial charge in [-0.1, -0.05) is 35.3 Å². The molecule has 0 aliphatic carbocycles. The van der Waals surface area contributed by atoms with Gasteiger partial charge < -0.3 is 14.8 Å². The van der Waals surface area contributed by atoms with Gasteiger partial charge in [0.15, 0.2) is 0 Å². The van der Waals surface area contributed by atoms with Crippen LogP contribution in [-0.2, 0) is 20.9 Å². The highest BCUT2D eigenvalue weighted by atomic mass is 79.9. The molecular formula is C28H20Br2Cl2N2O6S. The molecule has 1 fully saturated rings. The Morgan fingerprint density at radius 1 is 1.02 bits per heavy atom. The number of benzene rings is 3. The number of nitrogens with zero attached hydrogens (tertiary/aromatic N) is 1. The number of thioether (sulfide) groups is 1. The number of carbonyl (C=O) groups is 4. The zero-order valence-corrected chi connectivity index (χ0v) is 26.7. The van der Waals surface area contributed by atoms with Crippen LogP contribution in [0.2, 0.25) is 10.0 Å². The largest absolute Gasteiger partial charge is 0.487 e.